The van der Waals surface area contributed by atoms with E-state index in [0.717, 1.165) is 16.8 Å². The van der Waals surface area contributed by atoms with Crippen molar-refractivity contribution in [2.75, 3.05) is 0 Å². The molecule has 2 aromatic rings. The van der Waals surface area contributed by atoms with Crippen LogP contribution in [-0.2, 0) is 0 Å². The topological polar surface area (TPSA) is 64.8 Å². The molecule has 0 spiro atoms. The van der Waals surface area contributed by atoms with E-state index < -0.39 is 5.97 Å². The largest absolute Gasteiger partial charge is 1.00 e. The number of nitrogens with zero attached hydrogens (tertiary/aromatic N) is 2. The third-order valence-corrected chi connectivity index (χ3v) is 2.95. The van der Waals surface area contributed by atoms with Gasteiger partial charge in [-0.15, -0.1) is 0 Å². The Hall–Kier alpha value is -1.49. The van der Waals surface area contributed by atoms with Gasteiger partial charge in [0.05, 0.1) is 17.3 Å². The molecule has 0 aliphatic carbocycles. The van der Waals surface area contributed by atoms with Crippen molar-refractivity contribution in [3.05, 3.63) is 59.2 Å². The number of carboxylic acid groups (broad SMARTS) is 1. The number of carbonyl (C=O) groups is 1. The number of hydrogen-bond donors (Lipinski definition) is 0. The molecule has 0 aliphatic heterocycles. The molecular weight excluding hydrogens is 263 g/mol. The van der Waals surface area contributed by atoms with E-state index in [4.69, 9.17) is 0 Å². The average molecular weight is 276 g/mol. The van der Waals surface area contributed by atoms with Crippen LogP contribution in [0.1, 0.15) is 21.5 Å². The fourth-order valence-corrected chi connectivity index (χ4v) is 1.62. The monoisotopic (exact) mass is 276 g/mol. The normalized spacial score (nSPS) is 10.3. The molecule has 4 nitrogen and oxygen atoms in total. The fraction of sp³-hybridized carbons (Fsp3) is 0.133. The molecule has 0 radical (unpaired) electrons. The molecule has 0 atom stereocenters. The quantitative estimate of drug-likeness (QED) is 0.589. The van der Waals surface area contributed by atoms with Crippen LogP contribution in [0.15, 0.2) is 52.7 Å². The molecule has 0 saturated carbocycles. The van der Waals surface area contributed by atoms with Crippen LogP contribution < -0.4 is 34.7 Å². The second kappa shape index (κ2) is 7.33. The molecule has 2 rings (SSSR count). The number of rotatable bonds is 3. The molecule has 0 heterocycles. The predicted octanol–water partition coefficient (Wildman–Crippen LogP) is 0.0863. The maximum absolute atomic E-state index is 10.6. The summed E-state index contributed by atoms with van der Waals surface area (Å²) in [4.78, 5) is 10.6. The van der Waals surface area contributed by atoms with Gasteiger partial charge in [0.15, 0.2) is 0 Å². The molecule has 5 heteroatoms. The first-order valence-electron chi connectivity index (χ1n) is 5.87. The fourth-order valence-electron chi connectivity index (χ4n) is 1.62. The Labute approximate surface area is 139 Å². The Morgan fingerprint density at radius 3 is 2.25 bits per heavy atom. The van der Waals surface area contributed by atoms with Crippen LogP contribution in [0.4, 0.5) is 11.4 Å². The number of carboxylic acids is 1. The molecule has 0 fully saturated rings. The van der Waals surface area contributed by atoms with Crippen LogP contribution >= 0.6 is 0 Å². The van der Waals surface area contributed by atoms with Crippen molar-refractivity contribution in [1.82, 2.24) is 0 Å². The number of aryl methyl sites for hydroxylation is 1. The van der Waals surface area contributed by atoms with Gasteiger partial charge in [0.1, 0.15) is 0 Å². The van der Waals surface area contributed by atoms with Gasteiger partial charge in [-0.25, -0.2) is 0 Å². The van der Waals surface area contributed by atoms with E-state index in [1.807, 2.05) is 32.0 Å². The second-order valence-electron chi connectivity index (χ2n) is 4.25. The van der Waals surface area contributed by atoms with Crippen LogP contribution in [0, 0.1) is 13.8 Å². The first-order chi connectivity index (χ1) is 9.08. The molecule has 2 aromatic carbocycles. The van der Waals surface area contributed by atoms with Gasteiger partial charge < -0.3 is 9.90 Å². The van der Waals surface area contributed by atoms with Gasteiger partial charge in [-0.2, -0.15) is 10.2 Å². The van der Waals surface area contributed by atoms with E-state index in [1.54, 1.807) is 12.1 Å². The Morgan fingerprint density at radius 2 is 1.65 bits per heavy atom. The third-order valence-electron chi connectivity index (χ3n) is 2.95. The summed E-state index contributed by atoms with van der Waals surface area (Å²) in [5, 5.41) is 18.9. The summed E-state index contributed by atoms with van der Waals surface area (Å²) in [6.45, 7) is 4.01. The van der Waals surface area contributed by atoms with Gasteiger partial charge in [0, 0.05) is 0 Å². The number of azo groups is 1. The number of aromatic carboxylic acids is 1. The zero-order chi connectivity index (χ0) is 13.8. The maximum atomic E-state index is 10.6. The van der Waals surface area contributed by atoms with Crippen LogP contribution in [0.3, 0.4) is 0 Å². The Balaban J connectivity index is 0.00000200. The Morgan fingerprint density at radius 1 is 1.00 bits per heavy atom. The van der Waals surface area contributed by atoms with E-state index in [-0.39, 0.29) is 35.1 Å². The first-order valence-corrected chi connectivity index (χ1v) is 5.87. The molecule has 0 saturated heterocycles. The van der Waals surface area contributed by atoms with Gasteiger partial charge in [0.25, 0.3) is 0 Å². The first kappa shape index (κ1) is 16.6. The van der Waals surface area contributed by atoms with Gasteiger partial charge in [-0.1, -0.05) is 24.3 Å². The standard InChI is InChI=1S/C15H14N2O2.Na/c1-10-4-3-5-14(11(10)2)17-16-13-8-6-12(7-9-13)15(18)19;/h3-9H,1-2H3,(H,18,19);/q;+1/p-1. The van der Waals surface area contributed by atoms with Gasteiger partial charge in [-0.05, 0) is 48.7 Å². The summed E-state index contributed by atoms with van der Waals surface area (Å²) < 4.78 is 0. The second-order valence-corrected chi connectivity index (χ2v) is 4.25. The van der Waals surface area contributed by atoms with Crippen molar-refractivity contribution in [2.24, 2.45) is 10.2 Å². The number of carbonyl (C=O) groups excluding carboxylic acids is 1. The van der Waals surface area contributed by atoms with Crippen molar-refractivity contribution in [3.8, 4) is 0 Å². The summed E-state index contributed by atoms with van der Waals surface area (Å²) in [5.41, 5.74) is 3.78. The SMILES string of the molecule is Cc1cccc(N=Nc2ccc(C(=O)[O-])cc2)c1C.[Na+]. The molecule has 20 heavy (non-hydrogen) atoms. The summed E-state index contributed by atoms with van der Waals surface area (Å²) >= 11 is 0. The van der Waals surface area contributed by atoms with Crippen LogP contribution in [-0.4, -0.2) is 5.97 Å². The van der Waals surface area contributed by atoms with E-state index >= 15 is 0 Å². The summed E-state index contributed by atoms with van der Waals surface area (Å²) in [7, 11) is 0. The van der Waals surface area contributed by atoms with Gasteiger partial charge in [-0.3, -0.25) is 0 Å². The van der Waals surface area contributed by atoms with Crippen molar-refractivity contribution < 1.29 is 39.5 Å². The molecule has 0 aliphatic rings. The van der Waals surface area contributed by atoms with Crippen molar-refractivity contribution in [3.63, 3.8) is 0 Å². The molecule has 96 valence electrons. The van der Waals surface area contributed by atoms with Crippen molar-refractivity contribution in [2.45, 2.75) is 13.8 Å². The van der Waals surface area contributed by atoms with Crippen molar-refractivity contribution >= 4 is 17.3 Å². The van der Waals surface area contributed by atoms with Gasteiger partial charge >= 0.3 is 29.6 Å². The van der Waals surface area contributed by atoms with Crippen molar-refractivity contribution in [1.29, 1.82) is 0 Å². The number of hydrogen-bond acceptors (Lipinski definition) is 4. The Bertz CT molecular complexity index is 637. The number of benzene rings is 2. The molecule has 0 bridgehead atoms. The average Bonchev–Trinajstić information content (AvgIpc) is 2.41. The Kier molecular flexibility index (Phi) is 6.07. The summed E-state index contributed by atoms with van der Waals surface area (Å²) in [6.07, 6.45) is 0. The predicted molar refractivity (Wildman–Crippen MR) is 70.9 cm³/mol. The van der Waals surface area contributed by atoms with E-state index in [9.17, 15) is 9.90 Å². The summed E-state index contributed by atoms with van der Waals surface area (Å²) in [5.74, 6) is -1.20. The minimum Gasteiger partial charge on any atom is -0.545 e. The zero-order valence-corrected chi connectivity index (χ0v) is 13.8. The molecule has 0 N–H and O–H groups in total. The molecule has 0 unspecified atom stereocenters. The smallest absolute Gasteiger partial charge is 0.545 e. The zero-order valence-electron chi connectivity index (χ0n) is 11.8. The van der Waals surface area contributed by atoms with E-state index in [1.165, 1.54) is 12.1 Å². The summed E-state index contributed by atoms with van der Waals surface area (Å²) in [6, 6.07) is 11.9. The van der Waals surface area contributed by atoms with Crippen LogP contribution in [0.25, 0.3) is 0 Å². The molecular formula is C15H13N2NaO2. The maximum Gasteiger partial charge on any atom is 1.00 e. The molecule has 0 amide bonds. The third kappa shape index (κ3) is 4.00. The molecule has 0 aromatic heterocycles. The van der Waals surface area contributed by atoms with Crippen LogP contribution in [0.5, 0.6) is 0 Å². The minimum atomic E-state index is -1.20. The van der Waals surface area contributed by atoms with Gasteiger partial charge in [0.2, 0.25) is 0 Å². The minimum absolute atomic E-state index is 0. The van der Waals surface area contributed by atoms with E-state index in [0.29, 0.717) is 5.69 Å². The van der Waals surface area contributed by atoms with Crippen LogP contribution in [0.2, 0.25) is 0 Å². The van der Waals surface area contributed by atoms with E-state index in [2.05, 4.69) is 10.2 Å².